The summed E-state index contributed by atoms with van der Waals surface area (Å²) < 4.78 is 11.4. The van der Waals surface area contributed by atoms with Crippen molar-refractivity contribution in [3.05, 3.63) is 59.9 Å². The molecule has 0 spiro atoms. The van der Waals surface area contributed by atoms with E-state index in [1.54, 1.807) is 35.0 Å². The minimum atomic E-state index is -0.497. The molecule has 2 aromatic carbocycles. The highest BCUT2D eigenvalue weighted by Crippen LogP contribution is 2.19. The van der Waals surface area contributed by atoms with Crippen LogP contribution in [0.3, 0.4) is 0 Å². The highest BCUT2D eigenvalue weighted by Gasteiger charge is 2.10. The number of amides is 1. The molecule has 0 unspecified atom stereocenters. The first-order valence-electron chi connectivity index (χ1n) is 8.02. The van der Waals surface area contributed by atoms with Crippen LogP contribution in [0.15, 0.2) is 48.8 Å². The minimum Gasteiger partial charge on any atom is -0.482 e. The number of nitrogens with zero attached hydrogens (tertiary/aromatic N) is 4. The molecule has 0 aliphatic rings. The maximum Gasteiger partial charge on any atom is 0.343 e. The van der Waals surface area contributed by atoms with Gasteiger partial charge in [0.1, 0.15) is 12.1 Å². The Labute approximate surface area is 154 Å². The Hall–Kier alpha value is -3.75. The van der Waals surface area contributed by atoms with Gasteiger partial charge in [-0.3, -0.25) is 4.79 Å². The fraction of sp³-hybridized carbons (Fsp3) is 0.167. The largest absolute Gasteiger partial charge is 0.482 e. The topological polar surface area (TPSA) is 108 Å². The normalized spacial score (nSPS) is 10.3. The van der Waals surface area contributed by atoms with Crippen LogP contribution in [-0.2, 0) is 9.53 Å². The third-order valence-electron chi connectivity index (χ3n) is 3.73. The first-order chi connectivity index (χ1) is 13.1. The Morgan fingerprint density at radius 2 is 2.04 bits per heavy atom. The highest BCUT2D eigenvalue weighted by atomic mass is 16.6. The molecule has 1 aromatic heterocycles. The maximum absolute atomic E-state index is 12.5. The van der Waals surface area contributed by atoms with E-state index in [2.05, 4.69) is 25.6 Å². The number of tetrazole rings is 1. The van der Waals surface area contributed by atoms with Crippen molar-refractivity contribution in [3.63, 3.8) is 0 Å². The van der Waals surface area contributed by atoms with Gasteiger partial charge in [0, 0.05) is 11.3 Å². The zero-order valence-corrected chi connectivity index (χ0v) is 14.7. The van der Waals surface area contributed by atoms with E-state index in [1.807, 2.05) is 19.1 Å². The molecule has 1 N–H and O–H groups in total. The van der Waals surface area contributed by atoms with Gasteiger partial charge in [0.15, 0.2) is 6.61 Å². The van der Waals surface area contributed by atoms with Crippen molar-refractivity contribution in [2.75, 3.05) is 19.0 Å². The molecule has 1 amide bonds. The number of carbonyl (C=O) groups is 2. The average Bonchev–Trinajstić information content (AvgIpc) is 3.21. The number of hydrogen-bond acceptors (Lipinski definition) is 7. The molecule has 0 radical (unpaired) electrons. The standard InChI is InChI=1S/C18H17N5O4/c1-12-8-14(6-7-16(12)23-11-19-21-22-23)20-18(25)13-4-3-5-15(9-13)27-10-17(24)26-2/h3-9,11H,10H2,1-2H3,(H,20,25). The number of ether oxygens (including phenoxy) is 2. The van der Waals surface area contributed by atoms with Crippen molar-refractivity contribution in [1.82, 2.24) is 20.2 Å². The van der Waals surface area contributed by atoms with Crippen molar-refractivity contribution >= 4 is 17.6 Å². The van der Waals surface area contributed by atoms with Gasteiger partial charge in [-0.05, 0) is 59.3 Å². The van der Waals surface area contributed by atoms with Gasteiger partial charge in [0.25, 0.3) is 5.91 Å². The maximum atomic E-state index is 12.5. The Morgan fingerprint density at radius 1 is 1.19 bits per heavy atom. The van der Waals surface area contributed by atoms with Gasteiger partial charge in [-0.1, -0.05) is 6.07 Å². The fourth-order valence-corrected chi connectivity index (χ4v) is 2.39. The lowest BCUT2D eigenvalue weighted by atomic mass is 10.1. The number of rotatable bonds is 6. The SMILES string of the molecule is COC(=O)COc1cccc(C(=O)Nc2ccc(-n3cnnn3)c(C)c2)c1. The molecule has 0 saturated heterocycles. The molecule has 9 heteroatoms. The van der Waals surface area contributed by atoms with Crippen LogP contribution in [0.5, 0.6) is 5.75 Å². The quantitative estimate of drug-likeness (QED) is 0.662. The summed E-state index contributed by atoms with van der Waals surface area (Å²) >= 11 is 0. The summed E-state index contributed by atoms with van der Waals surface area (Å²) in [7, 11) is 1.28. The van der Waals surface area contributed by atoms with E-state index >= 15 is 0 Å². The van der Waals surface area contributed by atoms with Crippen molar-refractivity contribution in [2.24, 2.45) is 0 Å². The summed E-state index contributed by atoms with van der Waals surface area (Å²) in [5, 5.41) is 13.9. The third-order valence-corrected chi connectivity index (χ3v) is 3.73. The second-order valence-electron chi connectivity index (χ2n) is 5.60. The Kier molecular flexibility index (Phi) is 5.41. The first kappa shape index (κ1) is 18.1. The summed E-state index contributed by atoms with van der Waals surface area (Å²) in [6.07, 6.45) is 1.50. The van der Waals surface area contributed by atoms with Crippen LogP contribution in [-0.4, -0.2) is 45.8 Å². The van der Waals surface area contributed by atoms with Crippen LogP contribution in [0, 0.1) is 6.92 Å². The molecule has 1 heterocycles. The van der Waals surface area contributed by atoms with Gasteiger partial charge in [0.2, 0.25) is 0 Å². The molecule has 0 aliphatic carbocycles. The fourth-order valence-electron chi connectivity index (χ4n) is 2.39. The van der Waals surface area contributed by atoms with Gasteiger partial charge in [-0.25, -0.2) is 9.48 Å². The highest BCUT2D eigenvalue weighted by molar-refractivity contribution is 6.04. The predicted octanol–water partition coefficient (Wildman–Crippen LogP) is 1.77. The van der Waals surface area contributed by atoms with Crippen LogP contribution in [0.25, 0.3) is 5.69 Å². The number of aryl methyl sites for hydroxylation is 1. The number of esters is 1. The van der Waals surface area contributed by atoms with Crippen molar-refractivity contribution < 1.29 is 19.1 Å². The molecule has 0 atom stereocenters. The average molecular weight is 367 g/mol. The molecule has 3 rings (SSSR count). The third kappa shape index (κ3) is 4.46. The second kappa shape index (κ2) is 8.09. The lowest BCUT2D eigenvalue weighted by molar-refractivity contribution is -0.142. The monoisotopic (exact) mass is 367 g/mol. The number of aromatic nitrogens is 4. The van der Waals surface area contributed by atoms with E-state index in [1.165, 1.54) is 13.4 Å². The van der Waals surface area contributed by atoms with Crippen molar-refractivity contribution in [2.45, 2.75) is 6.92 Å². The molecule has 0 saturated carbocycles. The zero-order valence-electron chi connectivity index (χ0n) is 14.7. The predicted molar refractivity (Wildman–Crippen MR) is 95.8 cm³/mol. The minimum absolute atomic E-state index is 0.223. The lowest BCUT2D eigenvalue weighted by Gasteiger charge is -2.10. The molecule has 0 bridgehead atoms. The van der Waals surface area contributed by atoms with E-state index in [4.69, 9.17) is 4.74 Å². The Bertz CT molecular complexity index is 956. The van der Waals surface area contributed by atoms with E-state index in [9.17, 15) is 9.59 Å². The van der Waals surface area contributed by atoms with E-state index < -0.39 is 5.97 Å². The van der Waals surface area contributed by atoms with Crippen molar-refractivity contribution in [3.8, 4) is 11.4 Å². The molecule has 9 nitrogen and oxygen atoms in total. The summed E-state index contributed by atoms with van der Waals surface area (Å²) in [6, 6.07) is 11.9. The smallest absolute Gasteiger partial charge is 0.343 e. The zero-order chi connectivity index (χ0) is 19.2. The van der Waals surface area contributed by atoms with Crippen LogP contribution in [0.1, 0.15) is 15.9 Å². The molecule has 0 fully saturated rings. The molecule has 27 heavy (non-hydrogen) atoms. The molecular weight excluding hydrogens is 350 g/mol. The number of nitrogens with one attached hydrogen (secondary N) is 1. The lowest BCUT2D eigenvalue weighted by Crippen LogP contribution is -2.14. The van der Waals surface area contributed by atoms with Gasteiger partial charge in [-0.15, -0.1) is 5.10 Å². The van der Waals surface area contributed by atoms with E-state index in [-0.39, 0.29) is 12.5 Å². The number of benzene rings is 2. The van der Waals surface area contributed by atoms with E-state index in [0.717, 1.165) is 11.3 Å². The van der Waals surface area contributed by atoms with Crippen LogP contribution < -0.4 is 10.1 Å². The Balaban J connectivity index is 1.70. The molecular formula is C18H17N5O4. The first-order valence-corrected chi connectivity index (χ1v) is 8.02. The van der Waals surface area contributed by atoms with Crippen LogP contribution >= 0.6 is 0 Å². The number of carbonyl (C=O) groups excluding carboxylic acids is 2. The summed E-state index contributed by atoms with van der Waals surface area (Å²) in [4.78, 5) is 23.6. The summed E-state index contributed by atoms with van der Waals surface area (Å²) in [6.45, 7) is 1.67. The van der Waals surface area contributed by atoms with Gasteiger partial charge in [-0.2, -0.15) is 0 Å². The summed E-state index contributed by atoms with van der Waals surface area (Å²) in [5.41, 5.74) is 2.75. The molecule has 3 aromatic rings. The van der Waals surface area contributed by atoms with Crippen molar-refractivity contribution in [1.29, 1.82) is 0 Å². The number of hydrogen-bond donors (Lipinski definition) is 1. The van der Waals surface area contributed by atoms with E-state index in [0.29, 0.717) is 17.0 Å². The second-order valence-corrected chi connectivity index (χ2v) is 5.60. The van der Waals surface area contributed by atoms with Crippen LogP contribution in [0.2, 0.25) is 0 Å². The van der Waals surface area contributed by atoms with Gasteiger partial charge < -0.3 is 14.8 Å². The van der Waals surface area contributed by atoms with Crippen LogP contribution in [0.4, 0.5) is 5.69 Å². The molecule has 138 valence electrons. The number of anilines is 1. The van der Waals surface area contributed by atoms with Gasteiger partial charge in [0.05, 0.1) is 12.8 Å². The molecule has 0 aliphatic heterocycles. The summed E-state index contributed by atoms with van der Waals surface area (Å²) in [5.74, 6) is -0.394. The number of methoxy groups -OCH3 is 1. The Morgan fingerprint density at radius 3 is 2.74 bits per heavy atom. The van der Waals surface area contributed by atoms with Gasteiger partial charge >= 0.3 is 5.97 Å².